The third-order valence-electron chi connectivity index (χ3n) is 4.44. The fraction of sp³-hybridized carbons (Fsp3) is 0.500. The number of benzene rings is 2. The summed E-state index contributed by atoms with van der Waals surface area (Å²) in [6, 6.07) is 10.4. The average molecular weight is 458 g/mol. The highest BCUT2D eigenvalue weighted by molar-refractivity contribution is 6.32. The number of hydrogen-bond donors (Lipinski definition) is 1. The van der Waals surface area contributed by atoms with Crippen LogP contribution < -0.4 is 14.8 Å². The maximum absolute atomic E-state index is 13.9. The predicted molar refractivity (Wildman–Crippen MR) is 126 cm³/mol. The fourth-order valence-corrected chi connectivity index (χ4v) is 3.91. The first kappa shape index (κ1) is 26.5. The van der Waals surface area contributed by atoms with E-state index >= 15 is 0 Å². The van der Waals surface area contributed by atoms with Crippen LogP contribution in [0.3, 0.4) is 0 Å². The van der Waals surface area contributed by atoms with Gasteiger partial charge in [0.1, 0.15) is 12.4 Å². The van der Waals surface area contributed by atoms with Gasteiger partial charge in [-0.2, -0.15) is 0 Å². The lowest BCUT2D eigenvalue weighted by Crippen LogP contribution is -2.41. The zero-order valence-electron chi connectivity index (χ0n) is 18.8. The van der Waals surface area contributed by atoms with Crippen LogP contribution in [0.4, 0.5) is 4.39 Å². The normalized spacial score (nSPS) is 11.7. The maximum atomic E-state index is 13.9. The molecule has 0 aliphatic heterocycles. The molecule has 0 saturated carbocycles. The van der Waals surface area contributed by atoms with Crippen molar-refractivity contribution in [1.82, 2.24) is 5.32 Å². The molecule has 168 valence electrons. The molecule has 0 atom stereocenters. The number of halogens is 3. The van der Waals surface area contributed by atoms with Crippen molar-refractivity contribution in [3.8, 4) is 11.5 Å². The highest BCUT2D eigenvalue weighted by atomic mass is 35.5. The summed E-state index contributed by atoms with van der Waals surface area (Å²) in [5.74, 6) is 0.708. The molecule has 1 N–H and O–H groups in total. The Morgan fingerprint density at radius 3 is 2.30 bits per heavy atom. The molecule has 0 bridgehead atoms. The first-order chi connectivity index (χ1) is 13.5. The number of hydrogen-bond acceptors (Lipinski definition) is 3. The van der Waals surface area contributed by atoms with Crippen molar-refractivity contribution < 1.29 is 13.9 Å². The molecule has 0 fully saturated rings. The van der Waals surface area contributed by atoms with Crippen LogP contribution in [0.1, 0.15) is 59.1 Å². The zero-order chi connectivity index (χ0) is 21.7. The Balaban J connectivity index is 0.00000450. The largest absolute Gasteiger partial charge is 0.490 e. The number of nitrogens with one attached hydrogen (secondary N) is 1. The van der Waals surface area contributed by atoms with Crippen molar-refractivity contribution >= 4 is 24.0 Å². The van der Waals surface area contributed by atoms with Gasteiger partial charge in [-0.3, -0.25) is 0 Å². The molecule has 2 rings (SSSR count). The van der Waals surface area contributed by atoms with Gasteiger partial charge in [0.2, 0.25) is 0 Å². The van der Waals surface area contributed by atoms with Crippen molar-refractivity contribution in [2.45, 2.75) is 66.7 Å². The van der Waals surface area contributed by atoms with Crippen molar-refractivity contribution in [3.63, 3.8) is 0 Å². The highest BCUT2D eigenvalue weighted by Gasteiger charge is 2.25. The van der Waals surface area contributed by atoms with Gasteiger partial charge in [0.25, 0.3) is 0 Å². The molecular weight excluding hydrogens is 424 g/mol. The summed E-state index contributed by atoms with van der Waals surface area (Å²) in [4.78, 5) is 0. The van der Waals surface area contributed by atoms with E-state index < -0.39 is 0 Å². The minimum Gasteiger partial charge on any atom is -0.490 e. The molecule has 0 amide bonds. The lowest BCUT2D eigenvalue weighted by molar-refractivity contribution is 0.240. The van der Waals surface area contributed by atoms with Gasteiger partial charge in [0.05, 0.1) is 11.6 Å². The Morgan fingerprint density at radius 2 is 1.70 bits per heavy atom. The summed E-state index contributed by atoms with van der Waals surface area (Å²) < 4.78 is 25.5. The molecule has 30 heavy (non-hydrogen) atoms. The molecule has 0 aromatic heterocycles. The zero-order valence-corrected chi connectivity index (χ0v) is 20.3. The second-order valence-corrected chi connectivity index (χ2v) is 9.60. The Bertz CT molecular complexity index is 819. The molecule has 0 unspecified atom stereocenters. The third-order valence-corrected chi connectivity index (χ3v) is 4.72. The molecular formula is C24H34Cl2FNO2. The predicted octanol–water partition coefficient (Wildman–Crippen LogP) is 7.18. The van der Waals surface area contributed by atoms with Crippen molar-refractivity contribution in [1.29, 1.82) is 0 Å². The average Bonchev–Trinajstić information content (AvgIpc) is 2.59. The van der Waals surface area contributed by atoms with E-state index in [2.05, 4.69) is 39.9 Å². The van der Waals surface area contributed by atoms with E-state index in [1.54, 1.807) is 18.2 Å². The van der Waals surface area contributed by atoms with E-state index in [1.807, 2.05) is 19.1 Å². The molecule has 2 aromatic rings. The van der Waals surface area contributed by atoms with Crippen LogP contribution in [0.2, 0.25) is 5.02 Å². The van der Waals surface area contributed by atoms with Crippen LogP contribution in [0.25, 0.3) is 0 Å². The molecule has 0 spiro atoms. The van der Waals surface area contributed by atoms with Gasteiger partial charge in [0.15, 0.2) is 11.5 Å². The van der Waals surface area contributed by atoms with E-state index in [9.17, 15) is 4.39 Å². The number of ether oxygens (including phenoxy) is 2. The van der Waals surface area contributed by atoms with Gasteiger partial charge in [-0.15, -0.1) is 12.4 Å². The third kappa shape index (κ3) is 8.33. The molecule has 0 aliphatic carbocycles. The fourth-order valence-electron chi connectivity index (χ4n) is 3.62. The van der Waals surface area contributed by atoms with Crippen LogP contribution in [0, 0.1) is 11.2 Å². The molecule has 2 aromatic carbocycles. The summed E-state index contributed by atoms with van der Waals surface area (Å²) in [7, 11) is 0. The molecule has 6 heteroatoms. The van der Waals surface area contributed by atoms with Crippen LogP contribution in [0.15, 0.2) is 36.4 Å². The first-order valence-electron chi connectivity index (χ1n) is 10.1. The summed E-state index contributed by atoms with van der Waals surface area (Å²) in [6.45, 7) is 14.3. The van der Waals surface area contributed by atoms with Crippen molar-refractivity contribution in [3.05, 3.63) is 58.4 Å². The minimum absolute atomic E-state index is 0. The maximum Gasteiger partial charge on any atom is 0.180 e. The van der Waals surface area contributed by atoms with Gasteiger partial charge in [-0.05, 0) is 56.4 Å². The van der Waals surface area contributed by atoms with E-state index in [0.717, 1.165) is 12.0 Å². The Kier molecular flexibility index (Phi) is 9.93. The summed E-state index contributed by atoms with van der Waals surface area (Å²) in [5.41, 5.74) is 1.70. The van der Waals surface area contributed by atoms with Crippen molar-refractivity contribution in [2.75, 3.05) is 6.61 Å². The quantitative estimate of drug-likeness (QED) is 0.432. The van der Waals surface area contributed by atoms with E-state index in [-0.39, 0.29) is 35.8 Å². The van der Waals surface area contributed by atoms with Crippen LogP contribution in [-0.2, 0) is 13.2 Å². The highest BCUT2D eigenvalue weighted by Crippen LogP contribution is 2.37. The van der Waals surface area contributed by atoms with Gasteiger partial charge in [0, 0.05) is 17.6 Å². The standard InChI is InChI=1S/C24H33ClFNO2.ClH/c1-7-28-21-13-17(14-27-24(5,6)16-23(2,3)4)12-19(25)22(21)29-15-18-10-8-9-11-20(18)26;/h8-13,27H,7,14-16H2,1-6H3;1H. The SMILES string of the molecule is CCOc1cc(CNC(C)(C)CC(C)(C)C)cc(Cl)c1OCc1ccccc1F.Cl. The lowest BCUT2D eigenvalue weighted by Gasteiger charge is -2.33. The Morgan fingerprint density at radius 1 is 1.03 bits per heavy atom. The molecule has 0 saturated heterocycles. The Labute approximate surface area is 191 Å². The summed E-state index contributed by atoms with van der Waals surface area (Å²) >= 11 is 6.51. The second-order valence-electron chi connectivity index (χ2n) is 9.19. The molecule has 3 nitrogen and oxygen atoms in total. The Hall–Kier alpha value is -1.49. The van der Waals surface area contributed by atoms with E-state index in [4.69, 9.17) is 21.1 Å². The van der Waals surface area contributed by atoms with Gasteiger partial charge >= 0.3 is 0 Å². The summed E-state index contributed by atoms with van der Waals surface area (Å²) in [5, 5.41) is 4.06. The second kappa shape index (κ2) is 11.2. The lowest BCUT2D eigenvalue weighted by atomic mass is 9.82. The van der Waals surface area contributed by atoms with Gasteiger partial charge in [-0.1, -0.05) is 50.6 Å². The molecule has 0 radical (unpaired) electrons. The topological polar surface area (TPSA) is 30.5 Å². The van der Waals surface area contributed by atoms with Crippen LogP contribution in [0.5, 0.6) is 11.5 Å². The van der Waals surface area contributed by atoms with Gasteiger partial charge < -0.3 is 14.8 Å². The molecule has 0 aliphatic rings. The summed E-state index contributed by atoms with van der Waals surface area (Å²) in [6.07, 6.45) is 1.04. The van der Waals surface area contributed by atoms with E-state index in [1.165, 1.54) is 6.07 Å². The smallest absolute Gasteiger partial charge is 0.180 e. The number of rotatable bonds is 9. The van der Waals surface area contributed by atoms with E-state index in [0.29, 0.717) is 35.2 Å². The van der Waals surface area contributed by atoms with Crippen LogP contribution >= 0.6 is 24.0 Å². The van der Waals surface area contributed by atoms with Crippen LogP contribution in [-0.4, -0.2) is 12.1 Å². The van der Waals surface area contributed by atoms with Gasteiger partial charge in [-0.25, -0.2) is 4.39 Å². The first-order valence-corrected chi connectivity index (χ1v) is 10.4. The monoisotopic (exact) mass is 457 g/mol. The van der Waals surface area contributed by atoms with Crippen molar-refractivity contribution in [2.24, 2.45) is 5.41 Å². The molecule has 0 heterocycles. The minimum atomic E-state index is -0.302.